The van der Waals surface area contributed by atoms with Gasteiger partial charge in [-0.3, -0.25) is 4.79 Å². The van der Waals surface area contributed by atoms with Crippen molar-refractivity contribution < 1.29 is 9.32 Å². The third-order valence-electron chi connectivity index (χ3n) is 3.76. The lowest BCUT2D eigenvalue weighted by molar-refractivity contribution is 0.0965. The summed E-state index contributed by atoms with van der Waals surface area (Å²) in [5.74, 6) is -0.591. The lowest BCUT2D eigenvalue weighted by Crippen LogP contribution is -2.09. The number of carbonyl (C=O) groups excluding carboxylic acids is 1. The van der Waals surface area contributed by atoms with Crippen molar-refractivity contribution in [3.63, 3.8) is 0 Å². The van der Waals surface area contributed by atoms with Crippen molar-refractivity contribution in [1.82, 2.24) is 20.2 Å². The van der Waals surface area contributed by atoms with E-state index in [0.29, 0.717) is 12.2 Å². The molecule has 0 fully saturated rings. The van der Waals surface area contributed by atoms with Crippen LogP contribution in [-0.2, 0) is 6.54 Å². The van der Waals surface area contributed by atoms with Gasteiger partial charge in [0, 0.05) is 11.6 Å². The van der Waals surface area contributed by atoms with Gasteiger partial charge in [0.25, 0.3) is 5.91 Å². The van der Waals surface area contributed by atoms with Crippen LogP contribution in [0.3, 0.4) is 0 Å². The van der Waals surface area contributed by atoms with Crippen molar-refractivity contribution in [2.45, 2.75) is 6.54 Å². The highest BCUT2D eigenvalue weighted by molar-refractivity contribution is 5.90. The van der Waals surface area contributed by atoms with E-state index in [1.54, 1.807) is 0 Å². The molecule has 7 nitrogen and oxygen atoms in total. The van der Waals surface area contributed by atoms with E-state index in [-0.39, 0.29) is 5.76 Å². The summed E-state index contributed by atoms with van der Waals surface area (Å²) in [6.45, 7) is 0.617. The van der Waals surface area contributed by atoms with Gasteiger partial charge in [0.15, 0.2) is 0 Å². The zero-order valence-electron chi connectivity index (χ0n) is 12.6. The number of primary amides is 1. The Labute approximate surface area is 136 Å². The van der Waals surface area contributed by atoms with Crippen molar-refractivity contribution in [1.29, 1.82) is 0 Å². The lowest BCUT2D eigenvalue weighted by atomic mass is 10.1. The zero-order chi connectivity index (χ0) is 16.5. The van der Waals surface area contributed by atoms with Crippen molar-refractivity contribution in [3.05, 3.63) is 65.9 Å². The second-order valence-electron chi connectivity index (χ2n) is 5.37. The number of nitrogens with two attached hydrogens (primary N) is 1. The second kappa shape index (κ2) is 5.62. The van der Waals surface area contributed by atoms with Crippen LogP contribution in [0, 0.1) is 0 Å². The molecule has 2 heterocycles. The van der Waals surface area contributed by atoms with E-state index in [1.165, 1.54) is 6.07 Å². The van der Waals surface area contributed by atoms with Crippen molar-refractivity contribution in [2.24, 2.45) is 5.73 Å². The highest BCUT2D eigenvalue weighted by atomic mass is 16.5. The third kappa shape index (κ3) is 2.52. The molecule has 0 saturated carbocycles. The first-order chi connectivity index (χ1) is 11.7. The maximum Gasteiger partial charge on any atom is 0.287 e. The number of hydrogen-bond donors (Lipinski definition) is 1. The van der Waals surface area contributed by atoms with Crippen LogP contribution in [0.5, 0.6) is 0 Å². The molecule has 24 heavy (non-hydrogen) atoms. The van der Waals surface area contributed by atoms with E-state index >= 15 is 0 Å². The molecular formula is C17H13N5O2. The van der Waals surface area contributed by atoms with Crippen molar-refractivity contribution in [3.8, 4) is 11.3 Å². The summed E-state index contributed by atoms with van der Waals surface area (Å²) in [5.41, 5.74) is 9.52. The number of carbonyl (C=O) groups is 1. The summed E-state index contributed by atoms with van der Waals surface area (Å²) < 4.78 is 6.75. The first-order valence-corrected chi connectivity index (χ1v) is 7.35. The van der Waals surface area contributed by atoms with Crippen LogP contribution in [0.1, 0.15) is 16.1 Å². The van der Waals surface area contributed by atoms with Gasteiger partial charge in [-0.15, -0.1) is 5.10 Å². The summed E-state index contributed by atoms with van der Waals surface area (Å²) in [5, 5.41) is 12.2. The van der Waals surface area contributed by atoms with Crippen LogP contribution >= 0.6 is 0 Å². The molecule has 2 aromatic heterocycles. The second-order valence-corrected chi connectivity index (χ2v) is 5.37. The summed E-state index contributed by atoms with van der Waals surface area (Å²) in [4.78, 5) is 11.1. The first kappa shape index (κ1) is 14.1. The van der Waals surface area contributed by atoms with Gasteiger partial charge in [0.05, 0.1) is 12.1 Å². The van der Waals surface area contributed by atoms with Crippen LogP contribution in [0.4, 0.5) is 0 Å². The number of para-hydroxylation sites is 1. The predicted molar refractivity (Wildman–Crippen MR) is 87.1 cm³/mol. The summed E-state index contributed by atoms with van der Waals surface area (Å²) in [7, 11) is 0. The van der Waals surface area contributed by atoms with Crippen LogP contribution < -0.4 is 5.73 Å². The van der Waals surface area contributed by atoms with Gasteiger partial charge in [-0.1, -0.05) is 46.8 Å². The number of nitrogens with zero attached hydrogens (tertiary/aromatic N) is 4. The van der Waals surface area contributed by atoms with Gasteiger partial charge in [-0.05, 0) is 17.7 Å². The monoisotopic (exact) mass is 319 g/mol. The summed E-state index contributed by atoms with van der Waals surface area (Å²) in [6.07, 6.45) is 0. The molecule has 2 N–H and O–H groups in total. The molecule has 118 valence electrons. The number of amides is 1. The third-order valence-corrected chi connectivity index (χ3v) is 3.76. The molecule has 7 heteroatoms. The molecule has 0 aliphatic carbocycles. The molecule has 0 aliphatic rings. The van der Waals surface area contributed by atoms with Gasteiger partial charge in [-0.25, -0.2) is 4.68 Å². The molecule has 1 amide bonds. The number of benzene rings is 2. The largest absolute Gasteiger partial charge is 0.363 e. The molecule has 0 radical (unpaired) electrons. The molecule has 0 spiro atoms. The Hall–Kier alpha value is -3.48. The Morgan fingerprint density at radius 1 is 1.12 bits per heavy atom. The highest BCUT2D eigenvalue weighted by Crippen LogP contribution is 2.20. The van der Waals surface area contributed by atoms with Crippen molar-refractivity contribution >= 4 is 16.9 Å². The molecule has 0 unspecified atom stereocenters. The van der Waals surface area contributed by atoms with Gasteiger partial charge >= 0.3 is 0 Å². The average Bonchev–Trinajstić information content (AvgIpc) is 3.24. The zero-order valence-corrected chi connectivity index (χ0v) is 12.6. The Balaban J connectivity index is 1.58. The van der Waals surface area contributed by atoms with E-state index in [4.69, 9.17) is 10.3 Å². The molecule has 0 bridgehead atoms. The Kier molecular flexibility index (Phi) is 3.31. The van der Waals surface area contributed by atoms with E-state index in [0.717, 1.165) is 22.2 Å². The Morgan fingerprint density at radius 3 is 2.67 bits per heavy atom. The molecule has 2 aromatic carbocycles. The lowest BCUT2D eigenvalue weighted by Gasteiger charge is -2.03. The fourth-order valence-corrected chi connectivity index (χ4v) is 2.52. The smallest absolute Gasteiger partial charge is 0.287 e. The number of fused-ring (bicyclic) bond motifs is 1. The van der Waals surface area contributed by atoms with Crippen molar-refractivity contribution in [2.75, 3.05) is 0 Å². The number of aromatic nitrogens is 4. The molecule has 0 saturated heterocycles. The molecular weight excluding hydrogens is 306 g/mol. The van der Waals surface area contributed by atoms with Gasteiger partial charge < -0.3 is 10.3 Å². The molecule has 0 aliphatic heterocycles. The minimum atomic E-state index is -0.636. The van der Waals surface area contributed by atoms with Crippen LogP contribution in [0.15, 0.2) is 59.1 Å². The highest BCUT2D eigenvalue weighted by Gasteiger charge is 2.11. The van der Waals surface area contributed by atoms with Gasteiger partial charge in [0.1, 0.15) is 11.2 Å². The van der Waals surface area contributed by atoms with E-state index < -0.39 is 5.91 Å². The van der Waals surface area contributed by atoms with E-state index in [1.807, 2.05) is 53.2 Å². The molecule has 4 rings (SSSR count). The normalized spacial score (nSPS) is 11.0. The minimum Gasteiger partial charge on any atom is -0.363 e. The molecule has 0 atom stereocenters. The van der Waals surface area contributed by atoms with Crippen LogP contribution in [0.25, 0.3) is 22.3 Å². The van der Waals surface area contributed by atoms with E-state index in [9.17, 15) is 4.79 Å². The van der Waals surface area contributed by atoms with Crippen LogP contribution in [0.2, 0.25) is 0 Å². The quantitative estimate of drug-likeness (QED) is 0.622. The predicted octanol–water partition coefficient (Wildman–Crippen LogP) is 2.23. The maximum absolute atomic E-state index is 11.1. The van der Waals surface area contributed by atoms with Gasteiger partial charge in [0.2, 0.25) is 5.76 Å². The number of rotatable bonds is 4. The summed E-state index contributed by atoms with van der Waals surface area (Å²) >= 11 is 0. The van der Waals surface area contributed by atoms with Crippen LogP contribution in [-0.4, -0.2) is 26.1 Å². The minimum absolute atomic E-state index is 0.0446. The Bertz CT molecular complexity index is 1020. The first-order valence-electron chi connectivity index (χ1n) is 7.35. The fraction of sp³-hybridized carbons (Fsp3) is 0.0588. The maximum atomic E-state index is 11.1. The SMILES string of the molecule is NC(=O)c1cc(-c2ccc(Cn3nnc4ccccc43)cc2)no1. The fourth-order valence-electron chi connectivity index (χ4n) is 2.52. The topological polar surface area (TPSA) is 99.8 Å². The Morgan fingerprint density at radius 2 is 1.92 bits per heavy atom. The van der Waals surface area contributed by atoms with Gasteiger partial charge in [-0.2, -0.15) is 0 Å². The number of hydrogen-bond acceptors (Lipinski definition) is 5. The van der Waals surface area contributed by atoms with E-state index in [2.05, 4.69) is 15.5 Å². The summed E-state index contributed by atoms with van der Waals surface area (Å²) in [6, 6.07) is 17.1. The molecule has 4 aromatic rings. The standard InChI is InChI=1S/C17H13N5O2/c18-17(23)16-9-14(20-24-16)12-7-5-11(6-8-12)10-22-15-4-2-1-3-13(15)19-21-22/h1-9H,10H2,(H2,18,23). The average molecular weight is 319 g/mol.